The topological polar surface area (TPSA) is 66.0 Å². The van der Waals surface area contributed by atoms with Gasteiger partial charge in [0.25, 0.3) is 11.1 Å². The Hall–Kier alpha value is -4.19. The van der Waals surface area contributed by atoms with Crippen molar-refractivity contribution in [3.8, 4) is 0 Å². The molecule has 5 aromatic rings. The minimum atomic E-state index is -0.0359. The van der Waals surface area contributed by atoms with Gasteiger partial charge in [-0.05, 0) is 48.4 Å². The lowest BCUT2D eigenvalue weighted by atomic mass is 10.1. The maximum Gasteiger partial charge on any atom is 0.252 e. The van der Waals surface area contributed by atoms with Gasteiger partial charge in [-0.25, -0.2) is 0 Å². The van der Waals surface area contributed by atoms with Crippen LogP contribution in [0.3, 0.4) is 0 Å². The molecule has 6 nitrogen and oxygen atoms in total. The molecule has 0 spiro atoms. The van der Waals surface area contributed by atoms with Gasteiger partial charge in [0.1, 0.15) is 5.65 Å². The van der Waals surface area contributed by atoms with Gasteiger partial charge < -0.3 is 4.57 Å². The molecule has 0 radical (unpaired) electrons. The fraction of sp³-hybridized carbons (Fsp3) is 0.207. The molecule has 0 N–H and O–H groups in total. The molecule has 35 heavy (non-hydrogen) atoms. The van der Waals surface area contributed by atoms with Crippen LogP contribution in [-0.4, -0.2) is 13.7 Å². The molecule has 0 amide bonds. The van der Waals surface area contributed by atoms with Crippen LogP contribution >= 0.6 is 0 Å². The van der Waals surface area contributed by atoms with E-state index in [9.17, 15) is 14.4 Å². The average Bonchev–Trinajstić information content (AvgIpc) is 3.20. The minimum absolute atomic E-state index is 0. The van der Waals surface area contributed by atoms with E-state index in [1.807, 2.05) is 13.0 Å². The van der Waals surface area contributed by atoms with E-state index >= 15 is 0 Å². The van der Waals surface area contributed by atoms with Gasteiger partial charge in [-0.1, -0.05) is 56.0 Å². The van der Waals surface area contributed by atoms with Crippen molar-refractivity contribution >= 4 is 21.8 Å². The molecule has 0 fully saturated rings. The molecular formula is C29H31N3O3. The fourth-order valence-corrected chi connectivity index (χ4v) is 4.17. The van der Waals surface area contributed by atoms with Crippen LogP contribution in [0.2, 0.25) is 0 Å². The first-order valence-electron chi connectivity index (χ1n) is 11.2. The summed E-state index contributed by atoms with van der Waals surface area (Å²) in [5.41, 5.74) is 2.07. The van der Waals surface area contributed by atoms with Gasteiger partial charge in [-0.2, -0.15) is 0 Å². The van der Waals surface area contributed by atoms with E-state index in [-0.39, 0.29) is 30.1 Å². The maximum atomic E-state index is 11.7. The van der Waals surface area contributed by atoms with Crippen LogP contribution in [0.25, 0.3) is 21.8 Å². The highest BCUT2D eigenvalue weighted by Crippen LogP contribution is 2.22. The molecule has 1 atom stereocenters. The third kappa shape index (κ3) is 5.32. The normalized spacial score (nSPS) is 13.3. The summed E-state index contributed by atoms with van der Waals surface area (Å²) in [6.07, 6.45) is 1.72. The van der Waals surface area contributed by atoms with E-state index in [1.54, 1.807) is 52.7 Å². The van der Waals surface area contributed by atoms with Crippen molar-refractivity contribution in [1.82, 2.24) is 13.7 Å². The van der Waals surface area contributed by atoms with E-state index in [0.717, 1.165) is 11.0 Å². The van der Waals surface area contributed by atoms with Crippen molar-refractivity contribution in [3.63, 3.8) is 0 Å². The number of aromatic nitrogens is 3. The first kappa shape index (κ1) is 25.4. The minimum Gasteiger partial charge on any atom is -0.319 e. The number of aryl methyl sites for hydroxylation is 2. The highest BCUT2D eigenvalue weighted by molar-refractivity contribution is 5.85. The third-order valence-electron chi connectivity index (χ3n) is 5.96. The van der Waals surface area contributed by atoms with Crippen LogP contribution < -0.4 is 16.7 Å². The molecule has 6 rings (SSSR count). The van der Waals surface area contributed by atoms with Gasteiger partial charge >= 0.3 is 0 Å². The monoisotopic (exact) mass is 469 g/mol. The Morgan fingerprint density at radius 2 is 1.37 bits per heavy atom. The van der Waals surface area contributed by atoms with Crippen molar-refractivity contribution in [3.05, 3.63) is 128 Å². The van der Waals surface area contributed by atoms with Gasteiger partial charge in [0.05, 0.1) is 6.04 Å². The van der Waals surface area contributed by atoms with Gasteiger partial charge in [-0.15, -0.1) is 0 Å². The number of fused-ring (bicyclic) bond motifs is 1. The van der Waals surface area contributed by atoms with Crippen LogP contribution in [0.15, 0.2) is 106 Å². The van der Waals surface area contributed by atoms with Gasteiger partial charge in [-0.3, -0.25) is 23.5 Å². The summed E-state index contributed by atoms with van der Waals surface area (Å²) in [7, 11) is 1.72. The zero-order valence-corrected chi connectivity index (χ0v) is 19.5. The van der Waals surface area contributed by atoms with Crippen molar-refractivity contribution < 1.29 is 0 Å². The SMILES string of the molecule is C.CC1Cn2c(=O)ccc3ccc(=O)n1c32.Cc1cccc2ccccc12.Cn1ccccc1=O. The number of hydrogen-bond donors (Lipinski definition) is 0. The molecule has 1 aliphatic heterocycles. The first-order chi connectivity index (χ1) is 16.4. The Labute approximate surface area is 204 Å². The fourth-order valence-electron chi connectivity index (χ4n) is 4.17. The Kier molecular flexibility index (Phi) is 7.87. The van der Waals surface area contributed by atoms with E-state index < -0.39 is 0 Å². The maximum absolute atomic E-state index is 11.7. The first-order valence-corrected chi connectivity index (χ1v) is 11.2. The summed E-state index contributed by atoms with van der Waals surface area (Å²) < 4.78 is 4.89. The highest BCUT2D eigenvalue weighted by Gasteiger charge is 2.21. The second-order valence-electron chi connectivity index (χ2n) is 8.40. The third-order valence-corrected chi connectivity index (χ3v) is 5.96. The lowest BCUT2D eigenvalue weighted by Gasteiger charge is -2.05. The van der Waals surface area contributed by atoms with Crippen molar-refractivity contribution in [2.75, 3.05) is 0 Å². The average molecular weight is 470 g/mol. The van der Waals surface area contributed by atoms with Crippen molar-refractivity contribution in [2.24, 2.45) is 7.05 Å². The van der Waals surface area contributed by atoms with E-state index in [0.29, 0.717) is 6.54 Å². The van der Waals surface area contributed by atoms with Crippen molar-refractivity contribution in [1.29, 1.82) is 0 Å². The lowest BCUT2D eigenvalue weighted by Crippen LogP contribution is -2.19. The Balaban J connectivity index is 0.000000152. The van der Waals surface area contributed by atoms with Crippen molar-refractivity contribution in [2.45, 2.75) is 33.9 Å². The smallest absolute Gasteiger partial charge is 0.252 e. The zero-order chi connectivity index (χ0) is 24.2. The molecule has 0 bridgehead atoms. The Morgan fingerprint density at radius 3 is 2.03 bits per heavy atom. The molecule has 0 saturated heterocycles. The molecule has 1 unspecified atom stereocenters. The molecule has 2 aromatic carbocycles. The quantitative estimate of drug-likeness (QED) is 0.324. The van der Waals surface area contributed by atoms with Gasteiger partial charge in [0.15, 0.2) is 0 Å². The largest absolute Gasteiger partial charge is 0.319 e. The summed E-state index contributed by atoms with van der Waals surface area (Å²) in [5, 5.41) is 3.63. The molecule has 1 aliphatic rings. The standard InChI is InChI=1S/C11H10N2O2.C11H10.C6H7NO.CH4/c1-7-6-12-9(14)4-2-8-3-5-10(15)13(7)11(8)12;1-9-5-4-7-10-6-2-3-8-11(9)10;1-7-5-3-2-4-6(7)8;/h2-5,7H,6H2,1H3;2-8H,1H3;2-5H,1H3;1H4. The Morgan fingerprint density at radius 1 is 0.714 bits per heavy atom. The van der Waals surface area contributed by atoms with Crippen LogP contribution in [0.4, 0.5) is 0 Å². The number of benzene rings is 2. The van der Waals surface area contributed by atoms with Gasteiger partial charge in [0.2, 0.25) is 5.56 Å². The number of pyridine rings is 3. The lowest BCUT2D eigenvalue weighted by molar-refractivity contribution is 0.527. The predicted molar refractivity (Wildman–Crippen MR) is 144 cm³/mol. The van der Waals surface area contributed by atoms with Crippen LogP contribution in [0.1, 0.15) is 26.0 Å². The predicted octanol–water partition coefficient (Wildman–Crippen LogP) is 4.91. The van der Waals surface area contributed by atoms with Crippen LogP contribution in [0.5, 0.6) is 0 Å². The molecule has 3 aromatic heterocycles. The number of nitrogens with zero attached hydrogens (tertiary/aromatic N) is 3. The van der Waals surface area contributed by atoms with Gasteiger partial charge in [0, 0.05) is 43.4 Å². The summed E-state index contributed by atoms with van der Waals surface area (Å²) in [5.74, 6) is 0. The number of hydrogen-bond acceptors (Lipinski definition) is 3. The zero-order valence-electron chi connectivity index (χ0n) is 19.5. The van der Waals surface area contributed by atoms with E-state index in [4.69, 9.17) is 0 Å². The molecular weight excluding hydrogens is 438 g/mol. The summed E-state index contributed by atoms with van der Waals surface area (Å²) in [6.45, 7) is 4.69. The molecule has 180 valence electrons. The second kappa shape index (κ2) is 10.8. The molecule has 4 heterocycles. The highest BCUT2D eigenvalue weighted by atomic mass is 16.1. The molecule has 0 aliphatic carbocycles. The summed E-state index contributed by atoms with van der Waals surface area (Å²) in [4.78, 5) is 33.9. The molecule has 0 saturated carbocycles. The second-order valence-corrected chi connectivity index (χ2v) is 8.40. The van der Waals surface area contributed by atoms with Crippen LogP contribution in [-0.2, 0) is 13.6 Å². The summed E-state index contributed by atoms with van der Waals surface area (Å²) in [6, 6.07) is 26.6. The van der Waals surface area contributed by atoms with E-state index in [1.165, 1.54) is 27.0 Å². The summed E-state index contributed by atoms with van der Waals surface area (Å²) >= 11 is 0. The van der Waals surface area contributed by atoms with E-state index in [2.05, 4.69) is 49.4 Å². The number of rotatable bonds is 0. The Bertz CT molecular complexity index is 1630. The molecule has 6 heteroatoms. The van der Waals surface area contributed by atoms with Crippen LogP contribution in [0, 0.1) is 6.92 Å².